The van der Waals surface area contributed by atoms with E-state index in [2.05, 4.69) is 17.2 Å². The number of carbonyl (C=O) groups excluding carboxylic acids is 1. The van der Waals surface area contributed by atoms with Crippen molar-refractivity contribution in [2.24, 2.45) is 11.1 Å². The maximum atomic E-state index is 11.8. The van der Waals surface area contributed by atoms with Crippen LogP contribution in [0.3, 0.4) is 0 Å². The molecule has 1 saturated heterocycles. The molecule has 1 amide bonds. The van der Waals surface area contributed by atoms with Crippen molar-refractivity contribution >= 4 is 17.2 Å². The molecule has 2 rings (SSSR count). The zero-order chi connectivity index (χ0) is 12.5. The molecule has 1 aromatic rings. The van der Waals surface area contributed by atoms with Crippen LogP contribution in [0.15, 0.2) is 5.38 Å². The van der Waals surface area contributed by atoms with Crippen LogP contribution in [0.5, 0.6) is 0 Å². The molecule has 1 aliphatic heterocycles. The number of rotatable bonds is 4. The molecule has 6 heteroatoms. The number of nitrogens with two attached hydrogens (primary N) is 1. The second-order valence-electron chi connectivity index (χ2n) is 4.85. The standard InChI is InChI=1S/C11H17N3O2S/c1-7(12)10-14-8(3-17-10)9(15)13-4-11(2)5-16-6-11/h3,7H,4-6,12H2,1-2H3,(H,13,15). The predicted molar refractivity (Wildman–Crippen MR) is 66.0 cm³/mol. The second kappa shape index (κ2) is 4.72. The Bertz CT molecular complexity index is 413. The van der Waals surface area contributed by atoms with Gasteiger partial charge in [0.1, 0.15) is 10.7 Å². The third kappa shape index (κ3) is 2.83. The number of thiazole rings is 1. The summed E-state index contributed by atoms with van der Waals surface area (Å²) in [6.07, 6.45) is 0. The number of hydrogen-bond donors (Lipinski definition) is 2. The lowest BCUT2D eigenvalue weighted by Crippen LogP contribution is -2.48. The highest BCUT2D eigenvalue weighted by molar-refractivity contribution is 7.09. The lowest BCUT2D eigenvalue weighted by molar-refractivity contribution is -0.0978. The van der Waals surface area contributed by atoms with Gasteiger partial charge in [0.2, 0.25) is 0 Å². The number of nitrogens with one attached hydrogen (secondary N) is 1. The summed E-state index contributed by atoms with van der Waals surface area (Å²) < 4.78 is 5.13. The number of carbonyl (C=O) groups is 1. The van der Waals surface area contributed by atoms with E-state index < -0.39 is 0 Å². The van der Waals surface area contributed by atoms with Crippen molar-refractivity contribution in [1.82, 2.24) is 10.3 Å². The van der Waals surface area contributed by atoms with Gasteiger partial charge in [0.25, 0.3) is 5.91 Å². The Morgan fingerprint density at radius 2 is 2.47 bits per heavy atom. The van der Waals surface area contributed by atoms with Gasteiger partial charge in [-0.15, -0.1) is 11.3 Å². The van der Waals surface area contributed by atoms with E-state index in [-0.39, 0.29) is 17.4 Å². The van der Waals surface area contributed by atoms with Crippen LogP contribution in [0.1, 0.15) is 35.4 Å². The van der Waals surface area contributed by atoms with Gasteiger partial charge in [-0.1, -0.05) is 6.92 Å². The monoisotopic (exact) mass is 255 g/mol. The van der Waals surface area contributed by atoms with E-state index in [1.54, 1.807) is 5.38 Å². The fraction of sp³-hybridized carbons (Fsp3) is 0.636. The zero-order valence-electron chi connectivity index (χ0n) is 10.0. The van der Waals surface area contributed by atoms with Crippen LogP contribution in [-0.2, 0) is 4.74 Å². The van der Waals surface area contributed by atoms with Crippen LogP contribution in [0.4, 0.5) is 0 Å². The molecular weight excluding hydrogens is 238 g/mol. The Hall–Kier alpha value is -0.980. The highest BCUT2D eigenvalue weighted by Crippen LogP contribution is 2.25. The van der Waals surface area contributed by atoms with Gasteiger partial charge in [-0.05, 0) is 6.92 Å². The van der Waals surface area contributed by atoms with E-state index in [1.807, 2.05) is 6.92 Å². The summed E-state index contributed by atoms with van der Waals surface area (Å²) in [5.41, 5.74) is 6.23. The summed E-state index contributed by atoms with van der Waals surface area (Å²) in [5.74, 6) is -0.138. The first kappa shape index (κ1) is 12.5. The van der Waals surface area contributed by atoms with Crippen molar-refractivity contribution < 1.29 is 9.53 Å². The lowest BCUT2D eigenvalue weighted by Gasteiger charge is -2.37. The molecule has 2 heterocycles. The van der Waals surface area contributed by atoms with Crippen molar-refractivity contribution in [1.29, 1.82) is 0 Å². The molecule has 5 nitrogen and oxygen atoms in total. The molecule has 1 aliphatic rings. The smallest absolute Gasteiger partial charge is 0.270 e. The first-order chi connectivity index (χ1) is 8.00. The molecule has 94 valence electrons. The van der Waals surface area contributed by atoms with Gasteiger partial charge in [-0.25, -0.2) is 4.98 Å². The molecule has 0 radical (unpaired) electrons. The molecule has 0 bridgehead atoms. The minimum Gasteiger partial charge on any atom is -0.380 e. The highest BCUT2D eigenvalue weighted by Gasteiger charge is 2.33. The lowest BCUT2D eigenvalue weighted by atomic mass is 9.89. The predicted octanol–water partition coefficient (Wildman–Crippen LogP) is 0.929. The summed E-state index contributed by atoms with van der Waals surface area (Å²) in [4.78, 5) is 16.0. The van der Waals surface area contributed by atoms with Gasteiger partial charge >= 0.3 is 0 Å². The zero-order valence-corrected chi connectivity index (χ0v) is 10.8. The molecule has 0 aliphatic carbocycles. The van der Waals surface area contributed by atoms with E-state index in [4.69, 9.17) is 10.5 Å². The summed E-state index contributed by atoms with van der Waals surface area (Å²) >= 11 is 1.42. The second-order valence-corrected chi connectivity index (χ2v) is 5.74. The molecule has 1 aromatic heterocycles. The topological polar surface area (TPSA) is 77.2 Å². The summed E-state index contributed by atoms with van der Waals surface area (Å²) in [6.45, 7) is 5.97. The third-order valence-corrected chi connectivity index (χ3v) is 3.77. The number of aromatic nitrogens is 1. The molecule has 1 atom stereocenters. The molecule has 3 N–H and O–H groups in total. The normalized spacial score (nSPS) is 19.5. The van der Waals surface area contributed by atoms with Crippen LogP contribution < -0.4 is 11.1 Å². The minimum atomic E-state index is -0.138. The molecular formula is C11H17N3O2S. The van der Waals surface area contributed by atoms with E-state index in [1.165, 1.54) is 11.3 Å². The van der Waals surface area contributed by atoms with Crippen molar-refractivity contribution in [2.45, 2.75) is 19.9 Å². The van der Waals surface area contributed by atoms with Crippen molar-refractivity contribution in [2.75, 3.05) is 19.8 Å². The SMILES string of the molecule is CC(N)c1nc(C(=O)NCC2(C)COC2)cs1. The van der Waals surface area contributed by atoms with Gasteiger partial charge in [-0.3, -0.25) is 4.79 Å². The first-order valence-corrected chi connectivity index (χ1v) is 6.45. The Kier molecular flexibility index (Phi) is 3.46. The van der Waals surface area contributed by atoms with Crippen LogP contribution in [0.2, 0.25) is 0 Å². The third-order valence-electron chi connectivity index (χ3n) is 2.72. The summed E-state index contributed by atoms with van der Waals surface area (Å²) in [6, 6.07) is -0.126. The number of hydrogen-bond acceptors (Lipinski definition) is 5. The maximum absolute atomic E-state index is 11.8. The Morgan fingerprint density at radius 3 is 2.94 bits per heavy atom. The molecule has 0 saturated carbocycles. The minimum absolute atomic E-state index is 0.0790. The average Bonchev–Trinajstić information content (AvgIpc) is 2.72. The number of ether oxygens (including phenoxy) is 1. The van der Waals surface area contributed by atoms with Crippen LogP contribution >= 0.6 is 11.3 Å². The van der Waals surface area contributed by atoms with Gasteiger partial charge in [0.15, 0.2) is 0 Å². The quantitative estimate of drug-likeness (QED) is 0.839. The van der Waals surface area contributed by atoms with Crippen LogP contribution in [-0.4, -0.2) is 30.6 Å². The molecule has 1 unspecified atom stereocenters. The van der Waals surface area contributed by atoms with Gasteiger partial charge in [0.05, 0.1) is 19.3 Å². The fourth-order valence-corrected chi connectivity index (χ4v) is 2.30. The summed E-state index contributed by atoms with van der Waals surface area (Å²) in [5, 5.41) is 5.41. The van der Waals surface area contributed by atoms with Gasteiger partial charge in [-0.2, -0.15) is 0 Å². The number of amides is 1. The molecule has 1 fully saturated rings. The molecule has 17 heavy (non-hydrogen) atoms. The van der Waals surface area contributed by atoms with Crippen molar-refractivity contribution in [3.8, 4) is 0 Å². The Labute approximate surface area is 104 Å². The average molecular weight is 255 g/mol. The fourth-order valence-electron chi connectivity index (χ4n) is 1.54. The molecule has 0 spiro atoms. The highest BCUT2D eigenvalue weighted by atomic mass is 32.1. The maximum Gasteiger partial charge on any atom is 0.270 e. The van der Waals surface area contributed by atoms with E-state index in [9.17, 15) is 4.79 Å². The van der Waals surface area contributed by atoms with Crippen molar-refractivity contribution in [3.05, 3.63) is 16.1 Å². The van der Waals surface area contributed by atoms with Crippen LogP contribution in [0, 0.1) is 5.41 Å². The largest absolute Gasteiger partial charge is 0.380 e. The Morgan fingerprint density at radius 1 is 1.76 bits per heavy atom. The number of nitrogens with zero attached hydrogens (tertiary/aromatic N) is 1. The van der Waals surface area contributed by atoms with E-state index in [0.29, 0.717) is 25.5 Å². The summed E-state index contributed by atoms with van der Waals surface area (Å²) in [7, 11) is 0. The molecule has 0 aromatic carbocycles. The Balaban J connectivity index is 1.90. The van der Waals surface area contributed by atoms with E-state index in [0.717, 1.165) is 5.01 Å². The first-order valence-electron chi connectivity index (χ1n) is 5.57. The van der Waals surface area contributed by atoms with E-state index >= 15 is 0 Å². The van der Waals surface area contributed by atoms with Gasteiger partial charge < -0.3 is 15.8 Å². The van der Waals surface area contributed by atoms with Gasteiger partial charge in [0, 0.05) is 17.3 Å². The van der Waals surface area contributed by atoms with Crippen LogP contribution in [0.25, 0.3) is 0 Å². The van der Waals surface area contributed by atoms with Crippen molar-refractivity contribution in [3.63, 3.8) is 0 Å².